The molecule has 0 radical (unpaired) electrons. The molecule has 2 N–H and O–H groups in total. The summed E-state index contributed by atoms with van der Waals surface area (Å²) >= 11 is 6.90. The molecule has 0 bridgehead atoms. The lowest BCUT2D eigenvalue weighted by atomic mass is 9.89. The van der Waals surface area contributed by atoms with Crippen molar-refractivity contribution in [1.82, 2.24) is 14.3 Å². The number of nitrogens with zero attached hydrogens (tertiary/aromatic N) is 4. The standard InChI is InChI=1S/C23H27IN6OS/c1-29(2)20-18-11-4-5-12-19(18)26-21(27-20)28-23(13-6-3-7-14-23)30(32)22(31)25-17-10-8-9-16(24)15-17/h4-5,8-12,15,32H,3,6-7,13-14H2,1-2H3,(H,25,31)(H,26,27,28). The molecule has 2 amide bonds. The molecular formula is C23H27IN6OS. The van der Waals surface area contributed by atoms with Crippen LogP contribution in [0.1, 0.15) is 32.1 Å². The molecule has 1 heterocycles. The summed E-state index contributed by atoms with van der Waals surface area (Å²) in [5.41, 5.74) is 0.914. The van der Waals surface area contributed by atoms with Crippen molar-refractivity contribution in [3.8, 4) is 0 Å². The van der Waals surface area contributed by atoms with Crippen molar-refractivity contribution in [2.24, 2.45) is 0 Å². The number of aromatic nitrogens is 2. The zero-order valence-electron chi connectivity index (χ0n) is 18.2. The zero-order valence-corrected chi connectivity index (χ0v) is 21.2. The molecule has 0 unspecified atom stereocenters. The average molecular weight is 562 g/mol. The second kappa shape index (κ2) is 9.70. The number of nitrogens with one attached hydrogen (secondary N) is 2. The first-order valence-electron chi connectivity index (χ1n) is 10.7. The van der Waals surface area contributed by atoms with Gasteiger partial charge in [0.05, 0.1) is 5.52 Å². The van der Waals surface area contributed by atoms with Crippen molar-refractivity contribution < 1.29 is 4.79 Å². The zero-order chi connectivity index (χ0) is 22.7. The maximum Gasteiger partial charge on any atom is 0.333 e. The van der Waals surface area contributed by atoms with Gasteiger partial charge in [0.1, 0.15) is 11.5 Å². The van der Waals surface area contributed by atoms with Crippen LogP contribution in [-0.2, 0) is 0 Å². The van der Waals surface area contributed by atoms with Crippen molar-refractivity contribution in [2.75, 3.05) is 29.6 Å². The quantitative estimate of drug-likeness (QED) is 0.210. The molecular weight excluding hydrogens is 535 g/mol. The van der Waals surface area contributed by atoms with Crippen molar-refractivity contribution in [2.45, 2.75) is 37.8 Å². The van der Waals surface area contributed by atoms with E-state index in [-0.39, 0.29) is 6.03 Å². The molecule has 1 aliphatic carbocycles. The van der Waals surface area contributed by atoms with Gasteiger partial charge >= 0.3 is 6.03 Å². The Morgan fingerprint density at radius 2 is 1.81 bits per heavy atom. The van der Waals surface area contributed by atoms with E-state index in [0.717, 1.165) is 58.1 Å². The molecule has 0 atom stereocenters. The van der Waals surface area contributed by atoms with Crippen LogP contribution < -0.4 is 15.5 Å². The van der Waals surface area contributed by atoms with Gasteiger partial charge in [0.25, 0.3) is 0 Å². The Balaban J connectivity index is 1.65. The number of halogens is 1. The largest absolute Gasteiger partial charge is 0.362 e. The average Bonchev–Trinajstić information content (AvgIpc) is 2.78. The monoisotopic (exact) mass is 562 g/mol. The smallest absolute Gasteiger partial charge is 0.333 e. The molecule has 7 nitrogen and oxygen atoms in total. The number of hydrogen-bond acceptors (Lipinski definition) is 6. The number of fused-ring (bicyclic) bond motifs is 1. The number of carbonyl (C=O) groups is 1. The molecule has 1 aromatic heterocycles. The highest BCUT2D eigenvalue weighted by molar-refractivity contribution is 14.1. The molecule has 9 heteroatoms. The number of hydrogen-bond donors (Lipinski definition) is 3. The van der Waals surface area contributed by atoms with E-state index in [1.165, 1.54) is 4.31 Å². The lowest BCUT2D eigenvalue weighted by Crippen LogP contribution is -2.55. The molecule has 32 heavy (non-hydrogen) atoms. The summed E-state index contributed by atoms with van der Waals surface area (Å²) in [6.07, 6.45) is 4.65. The molecule has 1 aliphatic rings. The van der Waals surface area contributed by atoms with Gasteiger partial charge in [0.2, 0.25) is 5.95 Å². The Labute approximate surface area is 207 Å². The second-order valence-electron chi connectivity index (χ2n) is 8.25. The number of anilines is 3. The summed E-state index contributed by atoms with van der Waals surface area (Å²) in [5.74, 6) is 1.33. The lowest BCUT2D eigenvalue weighted by molar-refractivity contribution is 0.175. The number of benzene rings is 2. The second-order valence-corrected chi connectivity index (χ2v) is 9.90. The van der Waals surface area contributed by atoms with Crippen molar-refractivity contribution in [1.29, 1.82) is 0 Å². The minimum Gasteiger partial charge on any atom is -0.362 e. The molecule has 3 aromatic rings. The molecule has 168 valence electrons. The summed E-state index contributed by atoms with van der Waals surface area (Å²) in [6.45, 7) is 0. The van der Waals surface area contributed by atoms with Gasteiger partial charge in [-0.25, -0.2) is 14.1 Å². The van der Waals surface area contributed by atoms with Crippen molar-refractivity contribution in [3.05, 3.63) is 52.1 Å². The minimum absolute atomic E-state index is 0.279. The number of rotatable bonds is 5. The molecule has 2 aromatic carbocycles. The van der Waals surface area contributed by atoms with E-state index in [9.17, 15) is 4.79 Å². The Morgan fingerprint density at radius 3 is 2.53 bits per heavy atom. The predicted octanol–water partition coefficient (Wildman–Crippen LogP) is 5.75. The van der Waals surface area contributed by atoms with Gasteiger partial charge in [-0.05, 0) is 78.6 Å². The number of carbonyl (C=O) groups excluding carboxylic acids is 1. The van der Waals surface area contributed by atoms with Gasteiger partial charge < -0.3 is 15.5 Å². The van der Waals surface area contributed by atoms with Crippen LogP contribution in [-0.4, -0.2) is 40.1 Å². The molecule has 0 spiro atoms. The molecule has 0 aliphatic heterocycles. The summed E-state index contributed by atoms with van der Waals surface area (Å²) < 4.78 is 2.54. The van der Waals surface area contributed by atoms with E-state index < -0.39 is 5.66 Å². The normalized spacial score (nSPS) is 15.2. The van der Waals surface area contributed by atoms with Crippen LogP contribution in [0.2, 0.25) is 0 Å². The van der Waals surface area contributed by atoms with E-state index in [1.807, 2.05) is 67.5 Å². The Bertz CT molecular complexity index is 1120. The first-order valence-corrected chi connectivity index (χ1v) is 12.1. The van der Waals surface area contributed by atoms with Crippen LogP contribution in [0.5, 0.6) is 0 Å². The van der Waals surface area contributed by atoms with Crippen LogP contribution in [0.15, 0.2) is 48.5 Å². The molecule has 4 rings (SSSR count). The van der Waals surface area contributed by atoms with Crippen LogP contribution >= 0.6 is 35.4 Å². The van der Waals surface area contributed by atoms with Crippen LogP contribution in [0.4, 0.5) is 22.2 Å². The van der Waals surface area contributed by atoms with Gasteiger partial charge in [-0.2, -0.15) is 4.98 Å². The summed E-state index contributed by atoms with van der Waals surface area (Å²) in [5, 5.41) is 7.45. The molecule has 1 fully saturated rings. The summed E-state index contributed by atoms with van der Waals surface area (Å²) in [4.78, 5) is 24.7. The van der Waals surface area contributed by atoms with E-state index in [0.29, 0.717) is 5.95 Å². The first kappa shape index (κ1) is 22.9. The SMILES string of the molecule is CN(C)c1nc(NC2(N(S)C(=O)Nc3cccc(I)c3)CCCCC2)nc2ccccc12. The molecule has 0 saturated heterocycles. The number of urea groups is 1. The summed E-state index contributed by atoms with van der Waals surface area (Å²) in [6, 6.07) is 15.4. The Kier molecular flexibility index (Phi) is 6.94. The minimum atomic E-state index is -0.681. The van der Waals surface area contributed by atoms with Crippen LogP contribution in [0, 0.1) is 3.57 Å². The van der Waals surface area contributed by atoms with Gasteiger partial charge in [0, 0.05) is 28.7 Å². The summed E-state index contributed by atoms with van der Waals surface area (Å²) in [7, 11) is 3.93. The lowest BCUT2D eigenvalue weighted by Gasteiger charge is -2.43. The van der Waals surface area contributed by atoms with Crippen LogP contribution in [0.3, 0.4) is 0 Å². The fraction of sp³-hybridized carbons (Fsp3) is 0.348. The highest BCUT2D eigenvalue weighted by Gasteiger charge is 2.40. The maximum atomic E-state index is 13.2. The number of amides is 2. The highest BCUT2D eigenvalue weighted by Crippen LogP contribution is 2.36. The van der Waals surface area contributed by atoms with E-state index in [4.69, 9.17) is 9.97 Å². The third-order valence-corrected chi connectivity index (χ3v) is 6.94. The van der Waals surface area contributed by atoms with Gasteiger partial charge in [-0.3, -0.25) is 0 Å². The maximum absolute atomic E-state index is 13.2. The van der Waals surface area contributed by atoms with Gasteiger partial charge in [0.15, 0.2) is 0 Å². The van der Waals surface area contributed by atoms with Crippen molar-refractivity contribution >= 4 is 69.8 Å². The first-order chi connectivity index (χ1) is 15.4. The number of thiol groups is 1. The van der Waals surface area contributed by atoms with E-state index in [1.54, 1.807) is 0 Å². The highest BCUT2D eigenvalue weighted by atomic mass is 127. The molecule has 1 saturated carbocycles. The number of para-hydroxylation sites is 1. The van der Waals surface area contributed by atoms with E-state index >= 15 is 0 Å². The van der Waals surface area contributed by atoms with E-state index in [2.05, 4.69) is 46.0 Å². The Morgan fingerprint density at radius 1 is 1.06 bits per heavy atom. The third-order valence-electron chi connectivity index (χ3n) is 5.71. The predicted molar refractivity (Wildman–Crippen MR) is 142 cm³/mol. The fourth-order valence-corrected chi connectivity index (χ4v) is 4.97. The van der Waals surface area contributed by atoms with Crippen molar-refractivity contribution in [3.63, 3.8) is 0 Å². The van der Waals surface area contributed by atoms with Gasteiger partial charge in [-0.15, -0.1) is 0 Å². The Hall–Kier alpha value is -2.27. The third kappa shape index (κ3) is 4.88. The topological polar surface area (TPSA) is 73.4 Å². The fourth-order valence-electron chi connectivity index (χ4n) is 4.13. The van der Waals surface area contributed by atoms with Gasteiger partial charge in [-0.1, -0.05) is 37.4 Å². The van der Waals surface area contributed by atoms with Crippen LogP contribution in [0.25, 0.3) is 10.9 Å².